The Morgan fingerprint density at radius 2 is 2.12 bits per heavy atom. The Kier molecular flexibility index (Phi) is 5.78. The number of rotatable bonds is 8. The van der Waals surface area contributed by atoms with Crippen LogP contribution < -0.4 is 15.2 Å². The summed E-state index contributed by atoms with van der Waals surface area (Å²) < 4.78 is 13.0. The first-order chi connectivity index (χ1) is 12.7. The molecule has 0 radical (unpaired) electrons. The fourth-order valence-electron chi connectivity index (χ4n) is 2.66. The molecule has 0 fully saturated rings. The van der Waals surface area contributed by atoms with Crippen LogP contribution in [0.1, 0.15) is 30.9 Å². The van der Waals surface area contributed by atoms with Crippen molar-refractivity contribution in [1.29, 1.82) is 0 Å². The number of nitrogen functional groups attached to an aromatic ring is 1. The van der Waals surface area contributed by atoms with Crippen molar-refractivity contribution in [2.24, 2.45) is 0 Å². The van der Waals surface area contributed by atoms with E-state index in [0.29, 0.717) is 36.0 Å². The maximum atomic E-state index is 6.02. The van der Waals surface area contributed by atoms with Gasteiger partial charge in [-0.25, -0.2) is 4.98 Å². The molecule has 0 bridgehead atoms. The van der Waals surface area contributed by atoms with Crippen LogP contribution in [0.15, 0.2) is 24.5 Å². The van der Waals surface area contributed by atoms with Gasteiger partial charge in [0.25, 0.3) is 0 Å². The molecule has 26 heavy (non-hydrogen) atoms. The van der Waals surface area contributed by atoms with Crippen molar-refractivity contribution in [3.63, 3.8) is 0 Å². The monoisotopic (exact) mass is 375 g/mol. The first-order valence-electron chi connectivity index (χ1n) is 8.49. The number of anilines is 1. The highest BCUT2D eigenvalue weighted by molar-refractivity contribution is 6.17. The molecule has 0 saturated carbocycles. The molecule has 0 aliphatic heterocycles. The van der Waals surface area contributed by atoms with Crippen molar-refractivity contribution in [2.75, 3.05) is 19.5 Å². The largest absolute Gasteiger partial charge is 0.496 e. The molecule has 1 aromatic carbocycles. The van der Waals surface area contributed by atoms with Crippen LogP contribution in [0.4, 0.5) is 5.82 Å². The number of alkyl halides is 1. The zero-order valence-electron chi connectivity index (χ0n) is 14.9. The molecule has 0 aliphatic carbocycles. The molecule has 2 heterocycles. The molecule has 0 aliphatic rings. The Balaban J connectivity index is 1.95. The van der Waals surface area contributed by atoms with Crippen LogP contribution in [0, 0.1) is 0 Å². The van der Waals surface area contributed by atoms with Gasteiger partial charge in [0.15, 0.2) is 17.0 Å². The zero-order valence-corrected chi connectivity index (χ0v) is 15.7. The van der Waals surface area contributed by atoms with Crippen LogP contribution >= 0.6 is 11.6 Å². The van der Waals surface area contributed by atoms with Gasteiger partial charge in [0, 0.05) is 11.4 Å². The predicted octanol–water partition coefficient (Wildman–Crippen LogP) is 3.38. The molecule has 8 heteroatoms. The molecule has 3 aromatic rings. The molecule has 3 rings (SSSR count). The summed E-state index contributed by atoms with van der Waals surface area (Å²) in [5, 5.41) is 0. The first-order valence-corrected chi connectivity index (χ1v) is 9.02. The Labute approximate surface area is 157 Å². The van der Waals surface area contributed by atoms with Gasteiger partial charge in [0.2, 0.25) is 0 Å². The van der Waals surface area contributed by atoms with E-state index < -0.39 is 0 Å². The summed E-state index contributed by atoms with van der Waals surface area (Å²) in [6, 6.07) is 6.14. The normalized spacial score (nSPS) is 11.0. The number of unbranched alkanes of at least 4 members (excludes halogenated alkanes) is 1. The number of benzene rings is 1. The lowest BCUT2D eigenvalue weighted by Crippen LogP contribution is -2.06. The highest BCUT2D eigenvalue weighted by Crippen LogP contribution is 2.25. The number of halogens is 1. The molecular weight excluding hydrogens is 354 g/mol. The summed E-state index contributed by atoms with van der Waals surface area (Å²) in [7, 11) is 1.64. The number of hydrogen-bond donors (Lipinski definition) is 1. The molecule has 0 atom stereocenters. The Hall–Kier alpha value is -2.54. The summed E-state index contributed by atoms with van der Waals surface area (Å²) >= 11 is 5.96. The maximum Gasteiger partial charge on any atom is 0.320 e. The second-order valence-electron chi connectivity index (χ2n) is 5.92. The minimum absolute atomic E-state index is 0.270. The van der Waals surface area contributed by atoms with Crippen LogP contribution in [-0.4, -0.2) is 33.2 Å². The van der Waals surface area contributed by atoms with Crippen LogP contribution in [-0.2, 0) is 12.4 Å². The summed E-state index contributed by atoms with van der Waals surface area (Å²) in [5.41, 5.74) is 9.20. The van der Waals surface area contributed by atoms with E-state index in [9.17, 15) is 0 Å². The molecular formula is C18H22ClN5O2. The van der Waals surface area contributed by atoms with Gasteiger partial charge in [0.05, 0.1) is 26.6 Å². The van der Waals surface area contributed by atoms with E-state index in [-0.39, 0.29) is 6.01 Å². The van der Waals surface area contributed by atoms with E-state index in [0.717, 1.165) is 29.7 Å². The summed E-state index contributed by atoms with van der Waals surface area (Å²) in [6.07, 6.45) is 3.66. The zero-order chi connectivity index (χ0) is 18.5. The SMILES string of the molecule is CCCCOc1nc(N)c2ncn(Cc3cc(CCl)ccc3OC)c2n1. The lowest BCUT2D eigenvalue weighted by molar-refractivity contribution is 0.286. The van der Waals surface area contributed by atoms with Crippen LogP contribution in [0.3, 0.4) is 0 Å². The third-order valence-corrected chi connectivity index (χ3v) is 4.35. The van der Waals surface area contributed by atoms with Crippen molar-refractivity contribution < 1.29 is 9.47 Å². The van der Waals surface area contributed by atoms with E-state index in [1.54, 1.807) is 13.4 Å². The quantitative estimate of drug-likeness (QED) is 0.479. The van der Waals surface area contributed by atoms with E-state index in [4.69, 9.17) is 26.8 Å². The number of fused-ring (bicyclic) bond motifs is 1. The van der Waals surface area contributed by atoms with E-state index in [1.807, 2.05) is 22.8 Å². The molecule has 0 amide bonds. The van der Waals surface area contributed by atoms with Gasteiger partial charge in [-0.1, -0.05) is 19.4 Å². The Morgan fingerprint density at radius 1 is 1.27 bits per heavy atom. The summed E-state index contributed by atoms with van der Waals surface area (Å²) in [4.78, 5) is 13.0. The standard InChI is InChI=1S/C18H22ClN5O2/c1-3-4-7-26-18-22-16(20)15-17(23-18)24(11-21-15)10-13-8-12(9-19)5-6-14(13)25-2/h5-6,8,11H,3-4,7,9-10H2,1-2H3,(H2,20,22,23). The van der Waals surface area contributed by atoms with Crippen molar-refractivity contribution in [1.82, 2.24) is 19.5 Å². The molecule has 2 aromatic heterocycles. The van der Waals surface area contributed by atoms with Gasteiger partial charge in [-0.3, -0.25) is 0 Å². The topological polar surface area (TPSA) is 88.1 Å². The van der Waals surface area contributed by atoms with Gasteiger partial charge in [-0.15, -0.1) is 11.6 Å². The second kappa shape index (κ2) is 8.23. The molecule has 0 saturated heterocycles. The van der Waals surface area contributed by atoms with Crippen LogP contribution in [0.5, 0.6) is 11.8 Å². The molecule has 7 nitrogen and oxygen atoms in total. The highest BCUT2D eigenvalue weighted by Gasteiger charge is 2.14. The fraction of sp³-hybridized carbons (Fsp3) is 0.389. The molecule has 138 valence electrons. The Morgan fingerprint density at radius 3 is 2.85 bits per heavy atom. The summed E-state index contributed by atoms with van der Waals surface area (Å²) in [5.74, 6) is 1.52. The maximum absolute atomic E-state index is 6.02. The van der Waals surface area contributed by atoms with E-state index >= 15 is 0 Å². The number of hydrogen-bond acceptors (Lipinski definition) is 6. The van der Waals surface area contributed by atoms with Crippen molar-refractivity contribution in [2.45, 2.75) is 32.2 Å². The van der Waals surface area contributed by atoms with Crippen LogP contribution in [0.2, 0.25) is 0 Å². The number of aromatic nitrogens is 4. The number of imidazole rings is 1. The van der Waals surface area contributed by atoms with Gasteiger partial charge < -0.3 is 19.8 Å². The summed E-state index contributed by atoms with van der Waals surface area (Å²) in [6.45, 7) is 3.18. The number of nitrogens with two attached hydrogens (primary N) is 1. The minimum atomic E-state index is 0.270. The number of methoxy groups -OCH3 is 1. The van der Waals surface area contributed by atoms with Gasteiger partial charge in [-0.2, -0.15) is 9.97 Å². The van der Waals surface area contributed by atoms with Gasteiger partial charge in [0.1, 0.15) is 5.75 Å². The first kappa shape index (κ1) is 18.3. The van der Waals surface area contributed by atoms with Crippen molar-refractivity contribution in [3.05, 3.63) is 35.7 Å². The molecule has 2 N–H and O–H groups in total. The van der Waals surface area contributed by atoms with E-state index in [2.05, 4.69) is 21.9 Å². The smallest absolute Gasteiger partial charge is 0.320 e. The molecule has 0 unspecified atom stereocenters. The highest BCUT2D eigenvalue weighted by atomic mass is 35.5. The fourth-order valence-corrected chi connectivity index (χ4v) is 2.82. The number of ether oxygens (including phenoxy) is 2. The Bertz CT molecular complexity index is 897. The lowest BCUT2D eigenvalue weighted by Gasteiger charge is -2.11. The second-order valence-corrected chi connectivity index (χ2v) is 6.19. The average molecular weight is 376 g/mol. The third kappa shape index (κ3) is 3.83. The van der Waals surface area contributed by atoms with Gasteiger partial charge >= 0.3 is 6.01 Å². The van der Waals surface area contributed by atoms with Crippen molar-refractivity contribution >= 4 is 28.6 Å². The van der Waals surface area contributed by atoms with Crippen molar-refractivity contribution in [3.8, 4) is 11.8 Å². The molecule has 0 spiro atoms. The third-order valence-electron chi connectivity index (χ3n) is 4.04. The van der Waals surface area contributed by atoms with E-state index in [1.165, 1.54) is 0 Å². The lowest BCUT2D eigenvalue weighted by atomic mass is 10.1. The average Bonchev–Trinajstić information content (AvgIpc) is 3.05. The minimum Gasteiger partial charge on any atom is -0.496 e. The number of nitrogens with zero attached hydrogens (tertiary/aromatic N) is 4. The van der Waals surface area contributed by atoms with Crippen LogP contribution in [0.25, 0.3) is 11.2 Å². The van der Waals surface area contributed by atoms with Gasteiger partial charge in [-0.05, 0) is 24.1 Å². The predicted molar refractivity (Wildman–Crippen MR) is 102 cm³/mol.